The van der Waals surface area contributed by atoms with Gasteiger partial charge in [0, 0.05) is 17.2 Å². The van der Waals surface area contributed by atoms with E-state index >= 15 is 0 Å². The average molecular weight is 516 g/mol. The number of hydrogen-bond acceptors (Lipinski definition) is 6. The maximum absolute atomic E-state index is 12.7. The molecule has 1 amide bonds. The Morgan fingerprint density at radius 2 is 1.74 bits per heavy atom. The van der Waals surface area contributed by atoms with Crippen molar-refractivity contribution in [3.8, 4) is 0 Å². The molecule has 196 valence electrons. The van der Waals surface area contributed by atoms with E-state index in [1.54, 1.807) is 42.5 Å². The number of H-pyrrole nitrogens is 1. The number of imidazole rings is 1. The topological polar surface area (TPSA) is 186 Å². The number of fused-ring (bicyclic) bond motifs is 1. The van der Waals surface area contributed by atoms with E-state index in [9.17, 15) is 15.1 Å². The van der Waals surface area contributed by atoms with Gasteiger partial charge in [0.15, 0.2) is 5.84 Å². The molecule has 3 aromatic carbocycles. The maximum Gasteiger partial charge on any atom is 0.412 e. The number of aryl methyl sites for hydroxylation is 2. The number of carboxylic acid groups (broad SMARTS) is 1. The minimum Gasteiger partial charge on any atom is -0.465 e. The fourth-order valence-electron chi connectivity index (χ4n) is 4.64. The first-order chi connectivity index (χ1) is 18.3. The molecule has 0 fully saturated rings. The molecule has 1 aromatic heterocycles. The molecule has 0 aliphatic heterocycles. The molecule has 11 heteroatoms. The van der Waals surface area contributed by atoms with Gasteiger partial charge in [0.2, 0.25) is 0 Å². The first kappa shape index (κ1) is 26.0. The van der Waals surface area contributed by atoms with Crippen LogP contribution in [0, 0.1) is 12.8 Å². The number of rotatable bonds is 9. The number of amidine groups is 2. The number of nitrogens with one attached hydrogen (secondary N) is 1. The number of aromatic amines is 1. The van der Waals surface area contributed by atoms with Crippen LogP contribution in [-0.2, 0) is 6.42 Å². The third kappa shape index (κ3) is 5.51. The number of aromatic nitrogens is 2. The maximum atomic E-state index is 12.7. The van der Waals surface area contributed by atoms with Gasteiger partial charge >= 0.3 is 6.09 Å². The summed E-state index contributed by atoms with van der Waals surface area (Å²) in [6, 6.07) is 20.5. The van der Waals surface area contributed by atoms with Crippen LogP contribution in [0.5, 0.6) is 0 Å². The smallest absolute Gasteiger partial charge is 0.412 e. The molecule has 0 bridgehead atoms. The lowest BCUT2D eigenvalue weighted by atomic mass is 9.85. The van der Waals surface area contributed by atoms with Crippen LogP contribution in [0.15, 0.2) is 83.1 Å². The highest BCUT2D eigenvalue weighted by atomic mass is 16.4. The van der Waals surface area contributed by atoms with Crippen LogP contribution in [0.25, 0.3) is 11.0 Å². The number of anilines is 1. The summed E-state index contributed by atoms with van der Waals surface area (Å²) in [7, 11) is 0. The largest absolute Gasteiger partial charge is 0.465 e. The lowest BCUT2D eigenvalue weighted by Gasteiger charge is -2.35. The first-order valence-corrected chi connectivity index (χ1v) is 11.9. The predicted octanol–water partition coefficient (Wildman–Crippen LogP) is 4.19. The van der Waals surface area contributed by atoms with Crippen LogP contribution < -0.4 is 16.4 Å². The molecule has 0 spiro atoms. The van der Waals surface area contributed by atoms with E-state index in [2.05, 4.69) is 20.3 Å². The van der Waals surface area contributed by atoms with Gasteiger partial charge in [-0.2, -0.15) is 0 Å². The monoisotopic (exact) mass is 515 g/mol. The Kier molecular flexibility index (Phi) is 7.76. The average Bonchev–Trinajstić information content (AvgIpc) is 3.31. The highest BCUT2D eigenvalue weighted by Gasteiger charge is 2.36. The van der Waals surface area contributed by atoms with Crippen molar-refractivity contribution in [3.63, 3.8) is 0 Å². The van der Waals surface area contributed by atoms with Gasteiger partial charge in [0.25, 0.3) is 0 Å². The van der Waals surface area contributed by atoms with Gasteiger partial charge in [-0.05, 0) is 55.2 Å². The summed E-state index contributed by atoms with van der Waals surface area (Å²) in [6.45, 7) is 1.84. The molecule has 0 saturated heterocycles. The molecular formula is C27H29N7O4. The fraction of sp³-hybridized carbons (Fsp3) is 0.185. The number of nitrogens with zero attached hydrogens (tertiary/aromatic N) is 4. The normalized spacial score (nSPS) is 13.8. The summed E-state index contributed by atoms with van der Waals surface area (Å²) in [5.41, 5.74) is 16.0. The third-order valence-electron chi connectivity index (χ3n) is 6.46. The van der Waals surface area contributed by atoms with Crippen molar-refractivity contribution >= 4 is 34.5 Å². The molecule has 1 heterocycles. The van der Waals surface area contributed by atoms with Crippen LogP contribution in [0.3, 0.4) is 0 Å². The molecule has 38 heavy (non-hydrogen) atoms. The SMILES string of the molecule is Cc1nc2cc(C(C(CCc3ccc(C(N)=NO)cc3)C(N)=NO)N(C(=O)O)c3ccccc3)ccc2[nH]1. The van der Waals surface area contributed by atoms with Gasteiger partial charge in [-0.25, -0.2) is 9.78 Å². The molecule has 2 unspecified atom stereocenters. The van der Waals surface area contributed by atoms with Gasteiger partial charge in [-0.1, -0.05) is 58.8 Å². The van der Waals surface area contributed by atoms with Gasteiger partial charge in [-0.15, -0.1) is 0 Å². The van der Waals surface area contributed by atoms with E-state index in [4.69, 9.17) is 16.7 Å². The summed E-state index contributed by atoms with van der Waals surface area (Å²) in [5, 5.41) is 35.3. The number of oxime groups is 2. The van der Waals surface area contributed by atoms with Crippen LogP contribution in [-0.4, -0.2) is 43.3 Å². The number of hydrogen-bond donors (Lipinski definition) is 6. The zero-order valence-electron chi connectivity index (χ0n) is 20.7. The quantitative estimate of drug-likeness (QED) is 0.0834. The highest BCUT2D eigenvalue weighted by Crippen LogP contribution is 2.37. The van der Waals surface area contributed by atoms with Crippen molar-refractivity contribution in [2.45, 2.75) is 25.8 Å². The minimum atomic E-state index is -1.18. The summed E-state index contributed by atoms with van der Waals surface area (Å²) in [6.07, 6.45) is -0.337. The Bertz CT molecular complexity index is 1470. The number of para-hydroxylation sites is 1. The van der Waals surface area contributed by atoms with Crippen molar-refractivity contribution in [1.29, 1.82) is 0 Å². The second kappa shape index (κ2) is 11.3. The molecule has 8 N–H and O–H groups in total. The standard InChI is InChI=1S/C27H29N7O4/c1-16-30-22-14-12-19(15-23(22)31-16)24(34(27(35)36)20-5-3-2-4-6-20)21(26(29)33-38)13-9-17-7-10-18(11-8-17)25(28)32-37/h2-8,10-12,14-15,21,24,37-38H,9,13H2,1H3,(H2,28,32)(H2,29,33)(H,30,31)(H,35,36). The first-order valence-electron chi connectivity index (χ1n) is 11.9. The summed E-state index contributed by atoms with van der Waals surface area (Å²) in [4.78, 5) is 21.6. The lowest BCUT2D eigenvalue weighted by molar-refractivity contribution is 0.196. The van der Waals surface area contributed by atoms with Gasteiger partial charge in [0.1, 0.15) is 11.7 Å². The Morgan fingerprint density at radius 3 is 2.37 bits per heavy atom. The van der Waals surface area contributed by atoms with Crippen LogP contribution >= 0.6 is 0 Å². The van der Waals surface area contributed by atoms with Crippen LogP contribution in [0.2, 0.25) is 0 Å². The molecular weight excluding hydrogens is 486 g/mol. The third-order valence-corrected chi connectivity index (χ3v) is 6.46. The van der Waals surface area contributed by atoms with E-state index in [0.29, 0.717) is 35.2 Å². The molecule has 2 atom stereocenters. The van der Waals surface area contributed by atoms with E-state index < -0.39 is 18.1 Å². The van der Waals surface area contributed by atoms with Crippen LogP contribution in [0.1, 0.15) is 35.0 Å². The van der Waals surface area contributed by atoms with Crippen molar-refractivity contribution in [2.24, 2.45) is 27.7 Å². The highest BCUT2D eigenvalue weighted by molar-refractivity contribution is 5.97. The van der Waals surface area contributed by atoms with Gasteiger partial charge in [0.05, 0.1) is 17.1 Å². The molecule has 0 saturated carbocycles. The molecule has 11 nitrogen and oxygen atoms in total. The van der Waals surface area contributed by atoms with Gasteiger partial charge in [-0.3, -0.25) is 4.90 Å². The van der Waals surface area contributed by atoms with Crippen molar-refractivity contribution in [3.05, 3.63) is 95.3 Å². The summed E-state index contributed by atoms with van der Waals surface area (Å²) in [5.74, 6) is -0.0634. The fourth-order valence-corrected chi connectivity index (χ4v) is 4.64. The minimum absolute atomic E-state index is 0.00453. The van der Waals surface area contributed by atoms with E-state index in [1.807, 2.05) is 37.3 Å². The Labute approximate surface area is 218 Å². The second-order valence-corrected chi connectivity index (χ2v) is 8.88. The molecule has 4 rings (SSSR count). The lowest BCUT2D eigenvalue weighted by Crippen LogP contribution is -2.43. The second-order valence-electron chi connectivity index (χ2n) is 8.88. The Hall–Kier alpha value is -5.06. The van der Waals surface area contributed by atoms with Gasteiger partial charge < -0.3 is 32.0 Å². The molecule has 0 aliphatic carbocycles. The number of carbonyl (C=O) groups is 1. The van der Waals surface area contributed by atoms with E-state index in [-0.39, 0.29) is 11.7 Å². The number of amides is 1. The summed E-state index contributed by atoms with van der Waals surface area (Å²) < 4.78 is 0. The Morgan fingerprint density at radius 1 is 1.03 bits per heavy atom. The van der Waals surface area contributed by atoms with Crippen LogP contribution in [0.4, 0.5) is 10.5 Å². The number of benzene rings is 3. The molecule has 0 radical (unpaired) electrons. The van der Waals surface area contributed by atoms with E-state index in [0.717, 1.165) is 16.9 Å². The molecule has 4 aromatic rings. The summed E-state index contributed by atoms with van der Waals surface area (Å²) >= 11 is 0. The molecule has 0 aliphatic rings. The Balaban J connectivity index is 1.78. The predicted molar refractivity (Wildman–Crippen MR) is 145 cm³/mol. The van der Waals surface area contributed by atoms with E-state index in [1.165, 1.54) is 4.90 Å². The van der Waals surface area contributed by atoms with Crippen molar-refractivity contribution < 1.29 is 20.3 Å². The van der Waals surface area contributed by atoms with Crippen molar-refractivity contribution in [1.82, 2.24) is 9.97 Å². The zero-order valence-corrected chi connectivity index (χ0v) is 20.7. The number of nitrogens with two attached hydrogens (primary N) is 2. The van der Waals surface area contributed by atoms with Crippen molar-refractivity contribution in [2.75, 3.05) is 4.90 Å². The zero-order chi connectivity index (χ0) is 27.2.